The van der Waals surface area contributed by atoms with E-state index < -0.39 is 5.82 Å². The first-order chi connectivity index (χ1) is 12.5. The molecule has 0 atom stereocenters. The summed E-state index contributed by atoms with van der Waals surface area (Å²) < 4.78 is 32.6. The molecule has 2 aromatic carbocycles. The molecule has 1 amide bonds. The van der Waals surface area contributed by atoms with E-state index in [0.717, 1.165) is 18.4 Å². The Hall–Kier alpha value is -1.98. The first-order valence-electron chi connectivity index (χ1n) is 8.54. The maximum absolute atomic E-state index is 13.9. The van der Waals surface area contributed by atoms with Gasteiger partial charge in [0.05, 0.1) is 6.42 Å². The SMILES string of the molecule is O=C(Cc1c(F)cccc1Cl)NCC1(c2ccc(F)cc2)CCOCC1. The topological polar surface area (TPSA) is 38.3 Å². The molecule has 1 N–H and O–H groups in total. The Morgan fingerprint density at radius 3 is 2.46 bits per heavy atom. The minimum atomic E-state index is -0.494. The summed E-state index contributed by atoms with van der Waals surface area (Å²) in [4.78, 5) is 12.4. The van der Waals surface area contributed by atoms with Crippen molar-refractivity contribution in [1.82, 2.24) is 5.32 Å². The first kappa shape index (κ1) is 18.8. The number of hydrogen-bond acceptors (Lipinski definition) is 2. The number of amides is 1. The summed E-state index contributed by atoms with van der Waals surface area (Å²) in [5, 5.41) is 3.13. The van der Waals surface area contributed by atoms with Crippen molar-refractivity contribution in [3.63, 3.8) is 0 Å². The van der Waals surface area contributed by atoms with E-state index in [2.05, 4.69) is 5.32 Å². The summed E-state index contributed by atoms with van der Waals surface area (Å²) in [5.41, 5.74) is 0.835. The molecule has 1 fully saturated rings. The second kappa shape index (κ2) is 8.14. The monoisotopic (exact) mass is 379 g/mol. The number of rotatable bonds is 5. The van der Waals surface area contributed by atoms with Crippen molar-refractivity contribution in [2.45, 2.75) is 24.7 Å². The molecule has 1 aliphatic heterocycles. The van der Waals surface area contributed by atoms with Crippen LogP contribution in [-0.2, 0) is 21.4 Å². The van der Waals surface area contributed by atoms with Crippen LogP contribution in [0.4, 0.5) is 8.78 Å². The molecule has 3 nitrogen and oxygen atoms in total. The smallest absolute Gasteiger partial charge is 0.224 e. The van der Waals surface area contributed by atoms with Crippen LogP contribution in [0.5, 0.6) is 0 Å². The number of halogens is 3. The van der Waals surface area contributed by atoms with Crippen molar-refractivity contribution < 1.29 is 18.3 Å². The number of hydrogen-bond donors (Lipinski definition) is 1. The van der Waals surface area contributed by atoms with Gasteiger partial charge in [-0.2, -0.15) is 0 Å². The van der Waals surface area contributed by atoms with Gasteiger partial charge in [-0.3, -0.25) is 4.79 Å². The third kappa shape index (κ3) is 4.22. The number of carbonyl (C=O) groups excluding carboxylic acids is 1. The highest BCUT2D eigenvalue weighted by atomic mass is 35.5. The number of nitrogens with one attached hydrogen (secondary N) is 1. The van der Waals surface area contributed by atoms with Gasteiger partial charge in [0.1, 0.15) is 11.6 Å². The average Bonchev–Trinajstić information content (AvgIpc) is 2.64. The molecule has 26 heavy (non-hydrogen) atoms. The van der Waals surface area contributed by atoms with Gasteiger partial charge in [0.15, 0.2) is 0 Å². The van der Waals surface area contributed by atoms with Gasteiger partial charge >= 0.3 is 0 Å². The largest absolute Gasteiger partial charge is 0.381 e. The lowest BCUT2D eigenvalue weighted by atomic mass is 9.74. The predicted octanol–water partition coefficient (Wildman–Crippen LogP) is 4.03. The van der Waals surface area contributed by atoms with Crippen molar-refractivity contribution in [3.8, 4) is 0 Å². The van der Waals surface area contributed by atoms with E-state index in [-0.39, 0.29) is 34.1 Å². The summed E-state index contributed by atoms with van der Waals surface area (Å²) in [7, 11) is 0. The van der Waals surface area contributed by atoms with Crippen LogP contribution in [0.2, 0.25) is 5.02 Å². The Kier molecular flexibility index (Phi) is 5.89. The lowest BCUT2D eigenvalue weighted by molar-refractivity contribution is -0.121. The van der Waals surface area contributed by atoms with Crippen LogP contribution < -0.4 is 5.32 Å². The molecule has 0 saturated carbocycles. The Morgan fingerprint density at radius 1 is 1.12 bits per heavy atom. The van der Waals surface area contributed by atoms with E-state index in [1.54, 1.807) is 18.2 Å². The quantitative estimate of drug-likeness (QED) is 0.852. The molecule has 1 aliphatic rings. The fourth-order valence-electron chi connectivity index (χ4n) is 3.33. The van der Waals surface area contributed by atoms with Gasteiger partial charge in [0.2, 0.25) is 5.91 Å². The van der Waals surface area contributed by atoms with Crippen LogP contribution in [0.3, 0.4) is 0 Å². The van der Waals surface area contributed by atoms with E-state index in [4.69, 9.17) is 16.3 Å². The van der Waals surface area contributed by atoms with Gasteiger partial charge in [-0.1, -0.05) is 29.8 Å². The lowest BCUT2D eigenvalue weighted by Crippen LogP contribution is -2.45. The normalized spacial score (nSPS) is 16.3. The minimum absolute atomic E-state index is 0.124. The van der Waals surface area contributed by atoms with Gasteiger partial charge in [-0.05, 0) is 42.7 Å². The standard InChI is InChI=1S/C20H20ClF2NO2/c21-17-2-1-3-18(23)16(17)12-19(25)24-13-20(8-10-26-11-9-20)14-4-6-15(22)7-5-14/h1-7H,8-13H2,(H,24,25). The average molecular weight is 380 g/mol. The summed E-state index contributed by atoms with van der Waals surface area (Å²) in [6, 6.07) is 10.7. The molecular formula is C20H20ClF2NO2. The second-order valence-corrected chi connectivity index (χ2v) is 6.96. The Bertz CT molecular complexity index is 754. The third-order valence-electron chi connectivity index (χ3n) is 4.93. The molecule has 6 heteroatoms. The van der Waals surface area contributed by atoms with Gasteiger partial charge in [0, 0.05) is 35.8 Å². The number of ether oxygens (including phenoxy) is 1. The molecule has 0 spiro atoms. The zero-order chi connectivity index (χ0) is 18.6. The molecule has 3 rings (SSSR count). The summed E-state index contributed by atoms with van der Waals surface area (Å²) in [6.45, 7) is 1.53. The fourth-order valence-corrected chi connectivity index (χ4v) is 3.55. The molecule has 0 bridgehead atoms. The molecule has 0 unspecified atom stereocenters. The number of carbonyl (C=O) groups is 1. The molecule has 0 aromatic heterocycles. The highest BCUT2D eigenvalue weighted by molar-refractivity contribution is 6.31. The van der Waals surface area contributed by atoms with Crippen molar-refractivity contribution in [2.75, 3.05) is 19.8 Å². The van der Waals surface area contributed by atoms with Gasteiger partial charge in [0.25, 0.3) is 0 Å². The van der Waals surface area contributed by atoms with Crippen LogP contribution >= 0.6 is 11.6 Å². The summed E-state index contributed by atoms with van der Waals surface area (Å²) in [5.74, 6) is -1.09. The highest BCUT2D eigenvalue weighted by Crippen LogP contribution is 2.34. The minimum Gasteiger partial charge on any atom is -0.381 e. The fraction of sp³-hybridized carbons (Fsp3) is 0.350. The van der Waals surface area contributed by atoms with Crippen LogP contribution in [-0.4, -0.2) is 25.7 Å². The van der Waals surface area contributed by atoms with Gasteiger partial charge < -0.3 is 10.1 Å². The Morgan fingerprint density at radius 2 is 1.81 bits per heavy atom. The van der Waals surface area contributed by atoms with Gasteiger partial charge in [-0.15, -0.1) is 0 Å². The summed E-state index contributed by atoms with van der Waals surface area (Å²) in [6.07, 6.45) is 1.32. The maximum Gasteiger partial charge on any atom is 0.224 e. The van der Waals surface area contributed by atoms with Crippen LogP contribution in [0.15, 0.2) is 42.5 Å². The lowest BCUT2D eigenvalue weighted by Gasteiger charge is -2.38. The molecule has 138 valence electrons. The summed E-state index contributed by atoms with van der Waals surface area (Å²) >= 11 is 5.99. The molecule has 1 saturated heterocycles. The number of benzene rings is 2. The van der Waals surface area contributed by atoms with E-state index >= 15 is 0 Å². The molecular weight excluding hydrogens is 360 g/mol. The van der Waals surface area contributed by atoms with Gasteiger partial charge in [-0.25, -0.2) is 8.78 Å². The third-order valence-corrected chi connectivity index (χ3v) is 5.28. The molecule has 2 aromatic rings. The van der Waals surface area contributed by atoms with E-state index in [1.807, 2.05) is 0 Å². The maximum atomic E-state index is 13.9. The van der Waals surface area contributed by atoms with Crippen molar-refractivity contribution in [2.24, 2.45) is 0 Å². The molecule has 0 radical (unpaired) electrons. The molecule has 1 heterocycles. The zero-order valence-electron chi connectivity index (χ0n) is 14.2. The second-order valence-electron chi connectivity index (χ2n) is 6.55. The Balaban J connectivity index is 1.72. The van der Waals surface area contributed by atoms with Crippen molar-refractivity contribution >= 4 is 17.5 Å². The van der Waals surface area contributed by atoms with E-state index in [0.29, 0.717) is 19.8 Å². The van der Waals surface area contributed by atoms with Crippen molar-refractivity contribution in [1.29, 1.82) is 0 Å². The first-order valence-corrected chi connectivity index (χ1v) is 8.91. The zero-order valence-corrected chi connectivity index (χ0v) is 15.0. The Labute approximate surface area is 156 Å². The van der Waals surface area contributed by atoms with Crippen LogP contribution in [0.1, 0.15) is 24.0 Å². The predicted molar refractivity (Wildman–Crippen MR) is 96.3 cm³/mol. The van der Waals surface area contributed by atoms with Crippen LogP contribution in [0.25, 0.3) is 0 Å². The molecule has 0 aliphatic carbocycles. The van der Waals surface area contributed by atoms with Crippen LogP contribution in [0, 0.1) is 11.6 Å². The van der Waals surface area contributed by atoms with E-state index in [1.165, 1.54) is 24.3 Å². The van der Waals surface area contributed by atoms with E-state index in [9.17, 15) is 13.6 Å². The highest BCUT2D eigenvalue weighted by Gasteiger charge is 2.35. The van der Waals surface area contributed by atoms with Crippen molar-refractivity contribution in [3.05, 3.63) is 70.2 Å².